The van der Waals surface area contributed by atoms with Gasteiger partial charge in [-0.3, -0.25) is 14.4 Å². The molecular weight excluding hydrogens is 470 g/mol. The molecule has 2 atom stereocenters. The van der Waals surface area contributed by atoms with E-state index in [9.17, 15) is 14.4 Å². The van der Waals surface area contributed by atoms with E-state index >= 15 is 0 Å². The van der Waals surface area contributed by atoms with Crippen molar-refractivity contribution < 1.29 is 14.4 Å². The molecule has 8 N–H and O–H groups in total. The predicted molar refractivity (Wildman–Crippen MR) is 144 cm³/mol. The van der Waals surface area contributed by atoms with Gasteiger partial charge in [-0.1, -0.05) is 54.6 Å². The molecule has 0 spiro atoms. The molecule has 0 saturated carbocycles. The molecule has 0 aliphatic rings. The third kappa shape index (κ3) is 8.07. The van der Waals surface area contributed by atoms with Crippen LogP contribution >= 0.6 is 0 Å². The molecule has 0 aliphatic carbocycles. The fourth-order valence-corrected chi connectivity index (χ4v) is 4.01. The molecule has 0 saturated heterocycles. The molecule has 196 valence electrons. The molecule has 3 aromatic rings. The fourth-order valence-electron chi connectivity index (χ4n) is 4.01. The van der Waals surface area contributed by atoms with E-state index in [-0.39, 0.29) is 25.4 Å². The fraction of sp³-hybridized carbons (Fsp3) is 0.333. The van der Waals surface area contributed by atoms with E-state index in [1.54, 1.807) is 6.20 Å². The number of nitrogens with one attached hydrogen (secondary N) is 2. The number of aromatic nitrogens is 1. The highest BCUT2D eigenvalue weighted by atomic mass is 16.2. The van der Waals surface area contributed by atoms with Gasteiger partial charge in [-0.25, -0.2) is 4.98 Å². The van der Waals surface area contributed by atoms with E-state index in [1.165, 1.54) is 4.90 Å². The van der Waals surface area contributed by atoms with E-state index in [2.05, 4.69) is 15.6 Å². The standard InChI is InChI=1S/C27H35N7O3/c28-13-16-34(17-14-29)24(35)18-22(30)26(36)32-23(11-10-19-6-2-1-3-7-19)27(37)33-25-21-9-5-4-8-20(21)12-15-31-25/h1-9,12,15,22-23H,10-11,13-14,16-18,28-30H2,(H,32,36)(H,31,33,37). The van der Waals surface area contributed by atoms with E-state index < -0.39 is 23.9 Å². The third-order valence-electron chi connectivity index (χ3n) is 5.99. The average Bonchev–Trinajstić information content (AvgIpc) is 2.91. The number of aryl methyl sites for hydroxylation is 1. The maximum absolute atomic E-state index is 13.3. The smallest absolute Gasteiger partial charge is 0.248 e. The Labute approximate surface area is 216 Å². The van der Waals surface area contributed by atoms with Gasteiger partial charge in [-0.15, -0.1) is 0 Å². The summed E-state index contributed by atoms with van der Waals surface area (Å²) in [6, 6.07) is 17.1. The second kappa shape index (κ2) is 14.0. The lowest BCUT2D eigenvalue weighted by Crippen LogP contribution is -2.52. The Morgan fingerprint density at radius 1 is 0.892 bits per heavy atom. The largest absolute Gasteiger partial charge is 0.343 e. The van der Waals surface area contributed by atoms with Crippen LogP contribution in [0, 0.1) is 0 Å². The van der Waals surface area contributed by atoms with E-state index in [4.69, 9.17) is 17.2 Å². The van der Waals surface area contributed by atoms with Gasteiger partial charge in [0.2, 0.25) is 17.7 Å². The van der Waals surface area contributed by atoms with Crippen LogP contribution in [-0.2, 0) is 20.8 Å². The van der Waals surface area contributed by atoms with Crippen molar-refractivity contribution in [3.63, 3.8) is 0 Å². The molecule has 37 heavy (non-hydrogen) atoms. The number of amides is 3. The minimum absolute atomic E-state index is 0.219. The molecule has 0 aliphatic heterocycles. The van der Waals surface area contributed by atoms with Crippen molar-refractivity contribution in [2.45, 2.75) is 31.3 Å². The molecule has 0 radical (unpaired) electrons. The van der Waals surface area contributed by atoms with Crippen LogP contribution in [0.25, 0.3) is 10.8 Å². The van der Waals surface area contributed by atoms with Crippen LogP contribution < -0.4 is 27.8 Å². The minimum Gasteiger partial charge on any atom is -0.343 e. The SMILES string of the molecule is NCCN(CCN)C(=O)CC(N)C(=O)NC(CCc1ccccc1)C(=O)Nc1nccc2ccccc12. The first kappa shape index (κ1) is 27.7. The summed E-state index contributed by atoms with van der Waals surface area (Å²) < 4.78 is 0. The molecule has 10 heteroatoms. The highest BCUT2D eigenvalue weighted by Gasteiger charge is 2.27. The number of nitrogens with two attached hydrogens (primary N) is 3. The number of benzene rings is 2. The molecule has 3 amide bonds. The number of carbonyl (C=O) groups is 3. The van der Waals surface area contributed by atoms with Crippen molar-refractivity contribution in [3.05, 3.63) is 72.4 Å². The van der Waals surface area contributed by atoms with Crippen molar-refractivity contribution >= 4 is 34.3 Å². The number of hydrogen-bond donors (Lipinski definition) is 5. The number of fused-ring (bicyclic) bond motifs is 1. The summed E-state index contributed by atoms with van der Waals surface area (Å²) in [6.45, 7) is 1.20. The van der Waals surface area contributed by atoms with Crippen molar-refractivity contribution in [1.82, 2.24) is 15.2 Å². The molecule has 0 fully saturated rings. The lowest BCUT2D eigenvalue weighted by Gasteiger charge is -2.24. The topological polar surface area (TPSA) is 169 Å². The van der Waals surface area contributed by atoms with Crippen LogP contribution in [-0.4, -0.2) is 65.9 Å². The van der Waals surface area contributed by atoms with E-state index in [0.29, 0.717) is 31.7 Å². The minimum atomic E-state index is -1.13. The zero-order valence-electron chi connectivity index (χ0n) is 20.8. The molecule has 1 heterocycles. The summed E-state index contributed by atoms with van der Waals surface area (Å²) in [6.07, 6.45) is 2.28. The summed E-state index contributed by atoms with van der Waals surface area (Å²) >= 11 is 0. The van der Waals surface area contributed by atoms with Crippen LogP contribution in [0.5, 0.6) is 0 Å². The maximum Gasteiger partial charge on any atom is 0.248 e. The third-order valence-corrected chi connectivity index (χ3v) is 5.99. The van der Waals surface area contributed by atoms with Crippen LogP contribution in [0.4, 0.5) is 5.82 Å². The Kier molecular flexibility index (Phi) is 10.5. The van der Waals surface area contributed by atoms with Gasteiger partial charge in [0.15, 0.2) is 0 Å². The monoisotopic (exact) mass is 505 g/mol. The molecule has 10 nitrogen and oxygen atoms in total. The Bertz CT molecular complexity index is 1180. The van der Waals surface area contributed by atoms with Crippen LogP contribution in [0.2, 0.25) is 0 Å². The molecular formula is C27H35N7O3. The Hall–Kier alpha value is -3.86. The second-order valence-corrected chi connectivity index (χ2v) is 8.72. The first-order chi connectivity index (χ1) is 17.9. The number of pyridine rings is 1. The Morgan fingerprint density at radius 2 is 1.57 bits per heavy atom. The summed E-state index contributed by atoms with van der Waals surface area (Å²) in [5.74, 6) is -0.919. The molecule has 1 aromatic heterocycles. The van der Waals surface area contributed by atoms with Gasteiger partial charge in [0, 0.05) is 37.8 Å². The van der Waals surface area contributed by atoms with Gasteiger partial charge in [0.1, 0.15) is 11.9 Å². The predicted octanol–water partition coefficient (Wildman–Crippen LogP) is 0.754. The maximum atomic E-state index is 13.3. The lowest BCUT2D eigenvalue weighted by molar-refractivity contribution is -0.134. The van der Waals surface area contributed by atoms with Crippen molar-refractivity contribution in [1.29, 1.82) is 0 Å². The van der Waals surface area contributed by atoms with Gasteiger partial charge < -0.3 is 32.7 Å². The summed E-state index contributed by atoms with van der Waals surface area (Å²) in [7, 11) is 0. The molecule has 0 bridgehead atoms. The van der Waals surface area contributed by atoms with Crippen molar-refractivity contribution in [2.75, 3.05) is 31.5 Å². The summed E-state index contributed by atoms with van der Waals surface area (Å²) in [5.41, 5.74) is 18.2. The number of nitrogens with zero attached hydrogens (tertiary/aromatic N) is 2. The first-order valence-electron chi connectivity index (χ1n) is 12.3. The van der Waals surface area contributed by atoms with Gasteiger partial charge in [-0.05, 0) is 29.9 Å². The highest BCUT2D eigenvalue weighted by Crippen LogP contribution is 2.21. The van der Waals surface area contributed by atoms with Gasteiger partial charge in [-0.2, -0.15) is 0 Å². The summed E-state index contributed by atoms with van der Waals surface area (Å²) in [4.78, 5) is 44.7. The second-order valence-electron chi connectivity index (χ2n) is 8.72. The molecule has 3 rings (SSSR count). The van der Waals surface area contributed by atoms with Crippen molar-refractivity contribution in [2.24, 2.45) is 17.2 Å². The Morgan fingerprint density at radius 3 is 2.27 bits per heavy atom. The summed E-state index contributed by atoms with van der Waals surface area (Å²) in [5, 5.41) is 7.30. The number of rotatable bonds is 13. The highest BCUT2D eigenvalue weighted by molar-refractivity contribution is 6.03. The quantitative estimate of drug-likeness (QED) is 0.228. The normalized spacial score (nSPS) is 12.5. The number of hydrogen-bond acceptors (Lipinski definition) is 7. The number of anilines is 1. The van der Waals surface area contributed by atoms with Gasteiger partial charge in [0.05, 0.1) is 12.5 Å². The van der Waals surface area contributed by atoms with Gasteiger partial charge in [0.25, 0.3) is 0 Å². The van der Waals surface area contributed by atoms with Gasteiger partial charge >= 0.3 is 0 Å². The van der Waals surface area contributed by atoms with Crippen LogP contribution in [0.1, 0.15) is 18.4 Å². The van der Waals surface area contributed by atoms with Crippen LogP contribution in [0.3, 0.4) is 0 Å². The van der Waals surface area contributed by atoms with E-state index in [0.717, 1.165) is 16.3 Å². The lowest BCUT2D eigenvalue weighted by atomic mass is 10.0. The molecule has 2 unspecified atom stereocenters. The zero-order valence-corrected chi connectivity index (χ0v) is 20.8. The van der Waals surface area contributed by atoms with Crippen LogP contribution in [0.15, 0.2) is 66.9 Å². The zero-order chi connectivity index (χ0) is 26.6. The first-order valence-corrected chi connectivity index (χ1v) is 12.3. The molecule has 2 aromatic carbocycles. The Balaban J connectivity index is 1.72. The van der Waals surface area contributed by atoms with Crippen molar-refractivity contribution in [3.8, 4) is 0 Å². The number of carbonyl (C=O) groups excluding carboxylic acids is 3. The van der Waals surface area contributed by atoms with E-state index in [1.807, 2.05) is 60.7 Å². The average molecular weight is 506 g/mol.